The third-order valence-corrected chi connectivity index (χ3v) is 6.71. The van der Waals surface area contributed by atoms with E-state index in [4.69, 9.17) is 4.74 Å². The van der Waals surface area contributed by atoms with E-state index in [0.29, 0.717) is 21.9 Å². The van der Waals surface area contributed by atoms with Crippen LogP contribution in [0.15, 0.2) is 59.1 Å². The maximum absolute atomic E-state index is 13.1. The fourth-order valence-corrected chi connectivity index (χ4v) is 5.26. The van der Waals surface area contributed by atoms with Crippen molar-refractivity contribution in [2.45, 2.75) is 24.2 Å². The van der Waals surface area contributed by atoms with Crippen LogP contribution in [0.25, 0.3) is 0 Å². The fourth-order valence-electron chi connectivity index (χ4n) is 3.90. The van der Waals surface area contributed by atoms with Crippen LogP contribution in [0.2, 0.25) is 0 Å². The van der Waals surface area contributed by atoms with Crippen LogP contribution < -0.4 is 4.74 Å². The molecule has 2 aliphatic heterocycles. The van der Waals surface area contributed by atoms with Gasteiger partial charge in [-0.3, -0.25) is 9.69 Å². The normalized spacial score (nSPS) is 23.5. The van der Waals surface area contributed by atoms with Crippen LogP contribution in [0.4, 0.5) is 13.2 Å². The Balaban J connectivity index is 1.75. The van der Waals surface area contributed by atoms with Crippen LogP contribution in [0.1, 0.15) is 29.0 Å². The van der Waals surface area contributed by atoms with Crippen molar-refractivity contribution in [3.05, 3.63) is 75.8 Å². The quantitative estimate of drug-likeness (QED) is 0.759. The number of fused-ring (bicyclic) bond motifs is 1. The summed E-state index contributed by atoms with van der Waals surface area (Å²) in [6, 6.07) is 13.3. The molecule has 0 aliphatic carbocycles. The number of thioether (sulfide) groups is 1. The molecule has 1 amide bonds. The number of nitriles is 1. The molecule has 2 unspecified atom stereocenters. The monoisotopic (exact) mass is 446 g/mol. The summed E-state index contributed by atoms with van der Waals surface area (Å²) in [7, 11) is 1.49. The molecule has 5 nitrogen and oxygen atoms in total. The number of rotatable bonds is 3. The topological polar surface area (TPSA) is 73.6 Å². The van der Waals surface area contributed by atoms with E-state index in [0.717, 1.165) is 12.1 Å². The lowest BCUT2D eigenvalue weighted by Gasteiger charge is -2.38. The van der Waals surface area contributed by atoms with Crippen molar-refractivity contribution in [1.29, 1.82) is 5.26 Å². The number of hydrogen-bond acceptors (Lipinski definition) is 5. The molecular weight excluding hydrogens is 429 g/mol. The van der Waals surface area contributed by atoms with Crippen LogP contribution in [0.5, 0.6) is 5.75 Å². The molecule has 0 aromatic heterocycles. The Morgan fingerprint density at radius 3 is 2.58 bits per heavy atom. The molecule has 4 rings (SSSR count). The molecule has 0 radical (unpaired) electrons. The molecule has 2 aliphatic rings. The molecule has 2 atom stereocenters. The van der Waals surface area contributed by atoms with Crippen molar-refractivity contribution in [2.75, 3.05) is 12.9 Å². The number of alkyl halides is 3. The number of nitrogens with zero attached hydrogens (tertiary/aromatic N) is 2. The summed E-state index contributed by atoms with van der Waals surface area (Å²) in [5, 5.41) is 21.6. The highest BCUT2D eigenvalue weighted by atomic mass is 32.2. The maximum Gasteiger partial charge on any atom is 0.416 e. The first-order valence-corrected chi connectivity index (χ1v) is 10.3. The number of aliphatic hydroxyl groups is 1. The fraction of sp³-hybridized carbons (Fsp3) is 0.273. The SMILES string of the molecule is COc1cccc(C2(O)CSC3=C(C#N)C(c4ccc(C(F)(F)F)cc4)CC(=O)N32)c1. The third kappa shape index (κ3) is 3.56. The van der Waals surface area contributed by atoms with Gasteiger partial charge in [-0.05, 0) is 29.8 Å². The highest BCUT2D eigenvalue weighted by Crippen LogP contribution is 2.52. The van der Waals surface area contributed by atoms with Crippen LogP contribution in [0, 0.1) is 11.3 Å². The molecule has 1 fully saturated rings. The van der Waals surface area contributed by atoms with Gasteiger partial charge in [0.15, 0.2) is 5.72 Å². The standard InChI is InChI=1S/C22H17F3N2O3S/c1-30-16-4-2-3-15(9-16)21(29)12-31-20-18(11-26)17(10-19(28)27(20)21)13-5-7-14(8-6-13)22(23,24)25/h2-9,17,29H,10,12H2,1H3. The Morgan fingerprint density at radius 2 is 1.97 bits per heavy atom. The van der Waals surface area contributed by atoms with E-state index >= 15 is 0 Å². The largest absolute Gasteiger partial charge is 0.497 e. The highest BCUT2D eigenvalue weighted by molar-refractivity contribution is 8.03. The van der Waals surface area contributed by atoms with Crippen molar-refractivity contribution in [3.8, 4) is 11.8 Å². The van der Waals surface area contributed by atoms with E-state index in [9.17, 15) is 28.3 Å². The number of hydrogen-bond donors (Lipinski definition) is 1. The first-order chi connectivity index (χ1) is 14.7. The van der Waals surface area contributed by atoms with Gasteiger partial charge in [-0.2, -0.15) is 18.4 Å². The summed E-state index contributed by atoms with van der Waals surface area (Å²) in [6.07, 6.45) is -4.60. The lowest BCUT2D eigenvalue weighted by molar-refractivity contribution is -0.149. The number of allylic oxidation sites excluding steroid dienone is 1. The first-order valence-electron chi connectivity index (χ1n) is 9.33. The molecular formula is C22H17F3N2O3S. The van der Waals surface area contributed by atoms with Gasteiger partial charge in [0, 0.05) is 17.9 Å². The Kier molecular flexibility index (Phi) is 5.23. The van der Waals surface area contributed by atoms with Gasteiger partial charge in [0.05, 0.1) is 35.1 Å². The van der Waals surface area contributed by atoms with E-state index in [1.165, 1.54) is 35.9 Å². The summed E-state index contributed by atoms with van der Waals surface area (Å²) in [4.78, 5) is 14.3. The van der Waals surface area contributed by atoms with E-state index in [1.54, 1.807) is 24.3 Å². The number of benzene rings is 2. The van der Waals surface area contributed by atoms with Crippen LogP contribution in [0.3, 0.4) is 0 Å². The minimum absolute atomic E-state index is 0.117. The zero-order chi connectivity index (χ0) is 22.4. The summed E-state index contributed by atoms with van der Waals surface area (Å²) in [5.41, 5.74) is -1.30. The highest BCUT2D eigenvalue weighted by Gasteiger charge is 2.52. The Morgan fingerprint density at radius 1 is 1.26 bits per heavy atom. The number of carbonyl (C=O) groups excluding carboxylic acids is 1. The lowest BCUT2D eigenvalue weighted by atomic mass is 9.85. The predicted molar refractivity (Wildman–Crippen MR) is 108 cm³/mol. The number of amides is 1. The zero-order valence-electron chi connectivity index (χ0n) is 16.3. The number of carbonyl (C=O) groups is 1. The van der Waals surface area contributed by atoms with Crippen molar-refractivity contribution in [3.63, 3.8) is 0 Å². The molecule has 2 heterocycles. The molecule has 1 saturated heterocycles. The number of halogens is 3. The zero-order valence-corrected chi connectivity index (χ0v) is 17.1. The van der Waals surface area contributed by atoms with Crippen molar-refractivity contribution in [1.82, 2.24) is 4.90 Å². The van der Waals surface area contributed by atoms with Gasteiger partial charge >= 0.3 is 6.18 Å². The average Bonchev–Trinajstić information content (AvgIpc) is 3.12. The molecule has 1 N–H and O–H groups in total. The minimum atomic E-state index is -4.47. The summed E-state index contributed by atoms with van der Waals surface area (Å²) >= 11 is 1.18. The second-order valence-electron chi connectivity index (χ2n) is 7.27. The summed E-state index contributed by atoms with van der Waals surface area (Å²) < 4.78 is 43.9. The minimum Gasteiger partial charge on any atom is -0.497 e. The molecule has 0 spiro atoms. The van der Waals surface area contributed by atoms with Crippen LogP contribution in [-0.4, -0.2) is 28.8 Å². The van der Waals surface area contributed by atoms with Gasteiger partial charge in [0.2, 0.25) is 5.91 Å². The Hall–Kier alpha value is -2.96. The van der Waals surface area contributed by atoms with Gasteiger partial charge in [-0.25, -0.2) is 0 Å². The predicted octanol–water partition coefficient (Wildman–Crippen LogP) is 4.36. The van der Waals surface area contributed by atoms with Gasteiger partial charge in [0.1, 0.15) is 5.75 Å². The van der Waals surface area contributed by atoms with Gasteiger partial charge in [0.25, 0.3) is 0 Å². The van der Waals surface area contributed by atoms with Crippen LogP contribution in [-0.2, 0) is 16.7 Å². The number of methoxy groups -OCH3 is 1. The molecule has 0 saturated carbocycles. The van der Waals surface area contributed by atoms with E-state index in [2.05, 4.69) is 6.07 Å². The van der Waals surface area contributed by atoms with Crippen molar-refractivity contribution < 1.29 is 27.8 Å². The second kappa shape index (κ2) is 7.62. The second-order valence-corrected chi connectivity index (χ2v) is 8.24. The Bertz CT molecular complexity index is 1110. The van der Waals surface area contributed by atoms with E-state index in [-0.39, 0.29) is 17.7 Å². The van der Waals surface area contributed by atoms with Gasteiger partial charge in [-0.1, -0.05) is 24.3 Å². The number of ether oxygens (including phenoxy) is 1. The third-order valence-electron chi connectivity index (χ3n) is 5.48. The van der Waals surface area contributed by atoms with Crippen molar-refractivity contribution >= 4 is 17.7 Å². The summed E-state index contributed by atoms with van der Waals surface area (Å²) in [5.74, 6) is -0.451. The smallest absolute Gasteiger partial charge is 0.416 e. The maximum atomic E-state index is 13.1. The van der Waals surface area contributed by atoms with Crippen molar-refractivity contribution in [2.24, 2.45) is 0 Å². The molecule has 2 aromatic rings. The van der Waals surface area contributed by atoms with E-state index < -0.39 is 29.3 Å². The first kappa shape index (κ1) is 21.3. The molecule has 2 aromatic carbocycles. The average molecular weight is 446 g/mol. The molecule has 9 heteroatoms. The molecule has 0 bridgehead atoms. The Labute approximate surface area is 180 Å². The van der Waals surface area contributed by atoms with Gasteiger partial charge < -0.3 is 9.84 Å². The molecule has 160 valence electrons. The molecule has 31 heavy (non-hydrogen) atoms. The lowest BCUT2D eigenvalue weighted by Crippen LogP contribution is -2.48. The van der Waals surface area contributed by atoms with Gasteiger partial charge in [-0.15, -0.1) is 11.8 Å². The van der Waals surface area contributed by atoms with Crippen LogP contribution >= 0.6 is 11.8 Å². The summed E-state index contributed by atoms with van der Waals surface area (Å²) in [6.45, 7) is 0. The van der Waals surface area contributed by atoms with E-state index in [1.807, 2.05) is 0 Å².